The molecule has 1 saturated carbocycles. The third-order valence-electron chi connectivity index (χ3n) is 4.33. The second kappa shape index (κ2) is 7.13. The zero-order chi connectivity index (χ0) is 14.4. The van der Waals surface area contributed by atoms with E-state index < -0.39 is 0 Å². The molecule has 0 heterocycles. The molecule has 0 aliphatic heterocycles. The van der Waals surface area contributed by atoms with Crippen LogP contribution in [-0.4, -0.2) is 5.54 Å². The first-order valence-corrected chi connectivity index (χ1v) is 8.42. The fourth-order valence-corrected chi connectivity index (χ4v) is 3.45. The average molecular weight is 335 g/mol. The summed E-state index contributed by atoms with van der Waals surface area (Å²) in [6.07, 6.45) is 8.08. The Morgan fingerprint density at radius 1 is 1.30 bits per heavy atom. The van der Waals surface area contributed by atoms with Crippen LogP contribution in [0, 0.1) is 17.2 Å². The average Bonchev–Trinajstić information content (AvgIpc) is 2.66. The van der Waals surface area contributed by atoms with Crippen LogP contribution in [0.25, 0.3) is 0 Å². The zero-order valence-electron chi connectivity index (χ0n) is 12.2. The molecular formula is C17H23BrN2. The van der Waals surface area contributed by atoms with E-state index in [9.17, 15) is 5.26 Å². The maximum absolute atomic E-state index is 9.68. The van der Waals surface area contributed by atoms with Crippen molar-refractivity contribution in [2.24, 2.45) is 5.92 Å². The number of rotatable bonds is 4. The summed E-state index contributed by atoms with van der Waals surface area (Å²) in [5.74, 6) is 0.807. The number of anilines is 1. The Kier molecular flexibility index (Phi) is 5.48. The van der Waals surface area contributed by atoms with E-state index in [1.54, 1.807) is 0 Å². The standard InChI is InChI=1S/C17H23BrN2/c1-2-4-14-5-3-11-17(13-19,12-10-14)20-16-8-6-15(18)7-9-16/h6-9,14,20H,2-5,10-12H2,1H3. The second-order valence-corrected chi connectivity index (χ2v) is 6.83. The molecule has 0 spiro atoms. The molecule has 2 atom stereocenters. The van der Waals surface area contributed by atoms with Crippen LogP contribution in [0.5, 0.6) is 0 Å². The van der Waals surface area contributed by atoms with Gasteiger partial charge in [-0.2, -0.15) is 5.26 Å². The molecule has 1 aliphatic rings. The van der Waals surface area contributed by atoms with Crippen molar-refractivity contribution < 1.29 is 0 Å². The molecule has 3 heteroatoms. The summed E-state index contributed by atoms with van der Waals surface area (Å²) in [6.45, 7) is 2.25. The third kappa shape index (κ3) is 3.99. The van der Waals surface area contributed by atoms with E-state index in [0.717, 1.165) is 35.3 Å². The second-order valence-electron chi connectivity index (χ2n) is 5.91. The highest BCUT2D eigenvalue weighted by molar-refractivity contribution is 9.10. The topological polar surface area (TPSA) is 35.8 Å². The molecule has 2 nitrogen and oxygen atoms in total. The number of benzene rings is 1. The maximum Gasteiger partial charge on any atom is 0.125 e. The minimum Gasteiger partial charge on any atom is -0.367 e. The molecule has 2 rings (SSSR count). The summed E-state index contributed by atoms with van der Waals surface area (Å²) in [7, 11) is 0. The van der Waals surface area contributed by atoms with Gasteiger partial charge in [0.2, 0.25) is 0 Å². The Balaban J connectivity index is 2.06. The number of hydrogen-bond donors (Lipinski definition) is 1. The van der Waals surface area contributed by atoms with Gasteiger partial charge in [0.15, 0.2) is 0 Å². The summed E-state index contributed by atoms with van der Waals surface area (Å²) in [5.41, 5.74) is 0.666. The predicted octanol–water partition coefficient (Wildman–Crippen LogP) is 5.50. The molecule has 0 bridgehead atoms. The highest BCUT2D eigenvalue weighted by Crippen LogP contribution is 2.34. The van der Waals surface area contributed by atoms with Gasteiger partial charge in [-0.1, -0.05) is 42.1 Å². The molecule has 0 amide bonds. The first-order valence-electron chi connectivity index (χ1n) is 7.62. The normalized spacial score (nSPS) is 26.6. The van der Waals surface area contributed by atoms with Gasteiger partial charge in [0, 0.05) is 10.2 Å². The molecule has 1 aliphatic carbocycles. The van der Waals surface area contributed by atoms with E-state index in [0.29, 0.717) is 0 Å². The monoisotopic (exact) mass is 334 g/mol. The first kappa shape index (κ1) is 15.4. The van der Waals surface area contributed by atoms with Crippen molar-refractivity contribution in [1.82, 2.24) is 0 Å². The van der Waals surface area contributed by atoms with E-state index in [2.05, 4.69) is 34.2 Å². The summed E-state index contributed by atoms with van der Waals surface area (Å²) in [4.78, 5) is 0. The van der Waals surface area contributed by atoms with Crippen molar-refractivity contribution in [3.05, 3.63) is 28.7 Å². The molecule has 0 aromatic heterocycles. The smallest absolute Gasteiger partial charge is 0.125 e. The summed E-state index contributed by atoms with van der Waals surface area (Å²) >= 11 is 3.45. The summed E-state index contributed by atoms with van der Waals surface area (Å²) in [6, 6.07) is 10.7. The van der Waals surface area contributed by atoms with E-state index in [4.69, 9.17) is 0 Å². The Morgan fingerprint density at radius 3 is 2.70 bits per heavy atom. The lowest BCUT2D eigenvalue weighted by atomic mass is 9.90. The van der Waals surface area contributed by atoms with Crippen molar-refractivity contribution in [1.29, 1.82) is 5.26 Å². The van der Waals surface area contributed by atoms with Gasteiger partial charge in [0.25, 0.3) is 0 Å². The maximum atomic E-state index is 9.68. The number of nitrogens with one attached hydrogen (secondary N) is 1. The quantitative estimate of drug-likeness (QED) is 0.737. The van der Waals surface area contributed by atoms with E-state index in [1.165, 1.54) is 25.7 Å². The van der Waals surface area contributed by atoms with E-state index in [-0.39, 0.29) is 5.54 Å². The lowest BCUT2D eigenvalue weighted by molar-refractivity contribution is 0.416. The van der Waals surface area contributed by atoms with Gasteiger partial charge >= 0.3 is 0 Å². The molecule has 108 valence electrons. The zero-order valence-corrected chi connectivity index (χ0v) is 13.7. The van der Waals surface area contributed by atoms with Crippen LogP contribution in [0.2, 0.25) is 0 Å². The van der Waals surface area contributed by atoms with E-state index >= 15 is 0 Å². The van der Waals surface area contributed by atoms with Crippen LogP contribution >= 0.6 is 15.9 Å². The predicted molar refractivity (Wildman–Crippen MR) is 87.6 cm³/mol. The van der Waals surface area contributed by atoms with Crippen molar-refractivity contribution in [2.75, 3.05) is 5.32 Å². The molecule has 0 radical (unpaired) electrons. The van der Waals surface area contributed by atoms with E-state index in [1.807, 2.05) is 24.3 Å². The van der Waals surface area contributed by atoms with Gasteiger partial charge in [-0.05, 0) is 55.9 Å². The summed E-state index contributed by atoms with van der Waals surface area (Å²) < 4.78 is 1.07. The molecule has 1 N–H and O–H groups in total. The molecular weight excluding hydrogens is 312 g/mol. The minimum absolute atomic E-state index is 0.379. The van der Waals surface area contributed by atoms with Crippen LogP contribution in [0.1, 0.15) is 51.9 Å². The van der Waals surface area contributed by atoms with Gasteiger partial charge in [-0.15, -0.1) is 0 Å². The van der Waals surface area contributed by atoms with Gasteiger partial charge in [-0.25, -0.2) is 0 Å². The number of nitrogens with zero attached hydrogens (tertiary/aromatic N) is 1. The van der Waals surface area contributed by atoms with Gasteiger partial charge in [0.1, 0.15) is 5.54 Å². The Bertz CT molecular complexity index is 463. The molecule has 1 aromatic rings. The molecule has 2 unspecified atom stereocenters. The highest BCUT2D eigenvalue weighted by atomic mass is 79.9. The first-order chi connectivity index (χ1) is 9.67. The van der Waals surface area contributed by atoms with Crippen molar-refractivity contribution in [3.8, 4) is 6.07 Å². The van der Waals surface area contributed by atoms with Gasteiger partial charge in [-0.3, -0.25) is 0 Å². The van der Waals surface area contributed by atoms with Gasteiger partial charge < -0.3 is 5.32 Å². The number of nitriles is 1. The van der Waals surface area contributed by atoms with Crippen molar-refractivity contribution in [3.63, 3.8) is 0 Å². The van der Waals surface area contributed by atoms with Crippen LogP contribution < -0.4 is 5.32 Å². The Morgan fingerprint density at radius 2 is 2.05 bits per heavy atom. The lowest BCUT2D eigenvalue weighted by Gasteiger charge is -2.27. The fraction of sp³-hybridized carbons (Fsp3) is 0.588. The fourth-order valence-electron chi connectivity index (χ4n) is 3.18. The van der Waals surface area contributed by atoms with Crippen LogP contribution in [0.4, 0.5) is 5.69 Å². The number of hydrogen-bond acceptors (Lipinski definition) is 2. The summed E-state index contributed by atoms with van der Waals surface area (Å²) in [5, 5.41) is 13.2. The van der Waals surface area contributed by atoms with Crippen molar-refractivity contribution in [2.45, 2.75) is 57.4 Å². The Hall–Kier alpha value is -1.01. The largest absolute Gasteiger partial charge is 0.367 e. The molecule has 20 heavy (non-hydrogen) atoms. The lowest BCUT2D eigenvalue weighted by Crippen LogP contribution is -2.36. The van der Waals surface area contributed by atoms with Crippen LogP contribution in [-0.2, 0) is 0 Å². The SMILES string of the molecule is CCCC1CCCC(C#N)(Nc2ccc(Br)cc2)CC1. The minimum atomic E-state index is -0.379. The third-order valence-corrected chi connectivity index (χ3v) is 4.86. The Labute approximate surface area is 130 Å². The number of halogens is 1. The van der Waals surface area contributed by atoms with Gasteiger partial charge in [0.05, 0.1) is 6.07 Å². The highest BCUT2D eigenvalue weighted by Gasteiger charge is 2.32. The van der Waals surface area contributed by atoms with Crippen LogP contribution in [0.15, 0.2) is 28.7 Å². The molecule has 1 aromatic carbocycles. The molecule has 1 fully saturated rings. The molecule has 0 saturated heterocycles. The van der Waals surface area contributed by atoms with Crippen LogP contribution in [0.3, 0.4) is 0 Å². The van der Waals surface area contributed by atoms with Crippen molar-refractivity contribution >= 4 is 21.6 Å².